The Balaban J connectivity index is 1.14. The Labute approximate surface area is 274 Å². The van der Waals surface area contributed by atoms with Gasteiger partial charge in [-0.25, -0.2) is 4.79 Å². The van der Waals surface area contributed by atoms with Crippen LogP contribution in [0.5, 0.6) is 5.75 Å². The van der Waals surface area contributed by atoms with Crippen molar-refractivity contribution in [3.05, 3.63) is 76.8 Å². The minimum absolute atomic E-state index is 0.113. The van der Waals surface area contributed by atoms with E-state index >= 15 is 0 Å². The van der Waals surface area contributed by atoms with E-state index in [1.165, 1.54) is 19.2 Å². The first-order valence-electron chi connectivity index (χ1n) is 14.5. The first-order chi connectivity index (χ1) is 21.0. The molecule has 0 saturated carbocycles. The van der Waals surface area contributed by atoms with Gasteiger partial charge < -0.3 is 24.0 Å². The zero-order valence-corrected chi connectivity index (χ0v) is 27.6. The lowest BCUT2D eigenvalue weighted by Gasteiger charge is -2.50. The smallest absolute Gasteiger partial charge is 0.411 e. The number of benzene rings is 3. The maximum atomic E-state index is 13.3. The molecular formula is C33H34ClIN3O6+. The zero-order chi connectivity index (χ0) is 31.2. The van der Waals surface area contributed by atoms with Crippen LogP contribution in [0.25, 0.3) is 11.1 Å². The van der Waals surface area contributed by atoms with Gasteiger partial charge in [0.2, 0.25) is 5.91 Å². The molecule has 6 rings (SSSR count). The summed E-state index contributed by atoms with van der Waals surface area (Å²) in [7, 11) is 5.93. The molecule has 11 heteroatoms. The molecule has 0 spiro atoms. The number of aryl methyl sites for hydroxylation is 1. The van der Waals surface area contributed by atoms with Crippen LogP contribution in [0.3, 0.4) is 0 Å². The Morgan fingerprint density at radius 1 is 1.11 bits per heavy atom. The van der Waals surface area contributed by atoms with E-state index in [-0.39, 0.29) is 39.2 Å². The summed E-state index contributed by atoms with van der Waals surface area (Å²) in [6.45, 7) is 0. The third kappa shape index (κ3) is 5.68. The summed E-state index contributed by atoms with van der Waals surface area (Å²) >= 11 is 8.79. The molecule has 3 saturated heterocycles. The van der Waals surface area contributed by atoms with Crippen molar-refractivity contribution in [3.63, 3.8) is 0 Å². The van der Waals surface area contributed by atoms with Crippen LogP contribution in [-0.2, 0) is 20.7 Å². The van der Waals surface area contributed by atoms with Crippen LogP contribution < -0.4 is 15.4 Å². The van der Waals surface area contributed by atoms with E-state index in [0.717, 1.165) is 34.0 Å². The number of hydrogen-bond donors (Lipinski definition) is 2. The highest BCUT2D eigenvalue weighted by Crippen LogP contribution is 2.61. The highest BCUT2D eigenvalue weighted by molar-refractivity contribution is 14.1. The Kier molecular flexibility index (Phi) is 8.38. The number of alkyl halides is 1. The molecule has 0 aliphatic carbocycles. The van der Waals surface area contributed by atoms with Crippen molar-refractivity contribution in [2.45, 2.75) is 53.6 Å². The van der Waals surface area contributed by atoms with Crippen molar-refractivity contribution in [2.24, 2.45) is 0 Å². The normalized spacial score (nSPS) is 25.8. The number of halogens is 2. The van der Waals surface area contributed by atoms with Gasteiger partial charge in [-0.1, -0.05) is 54.1 Å². The van der Waals surface area contributed by atoms with Gasteiger partial charge in [-0.05, 0) is 52.3 Å². The fraction of sp³-hybridized carbons (Fsp3) is 0.364. The average molecular weight is 731 g/mol. The number of piperidine rings is 1. The predicted octanol–water partition coefficient (Wildman–Crippen LogP) is 6.47. The molecule has 3 aliphatic rings. The van der Waals surface area contributed by atoms with Crippen LogP contribution in [0.1, 0.15) is 35.2 Å². The zero-order valence-electron chi connectivity index (χ0n) is 24.6. The Morgan fingerprint density at radius 2 is 1.89 bits per heavy atom. The molecule has 3 aliphatic heterocycles. The molecule has 5 atom stereocenters. The topological polar surface area (TPSA) is 106 Å². The van der Waals surface area contributed by atoms with E-state index in [1.807, 2.05) is 48.5 Å². The fourth-order valence-corrected chi connectivity index (χ4v) is 8.24. The minimum atomic E-state index is -0.495. The largest absolute Gasteiger partial charge is 0.496 e. The number of methoxy groups -OCH3 is 1. The van der Waals surface area contributed by atoms with Gasteiger partial charge in [0, 0.05) is 24.5 Å². The maximum absolute atomic E-state index is 13.3. The standard InChI is InChI=1S/C33H33ClIN3O6/c1-38(2)27-15-22(17-33(38,35)31-30(27)44-31)43-32(41)37-25-13-19(9-11-23(25)20-7-5-4-6-8-20)10-12-29(40)36-26-16-28(42-3)21(18-39)14-24(26)34/h4-9,11,13-14,16,18,22,27,30-31H,10,12,15,17H2,1-3H3,(H-,36,37,39,40,41)/p+1/t22-,27-,30-,31+,33-/m0/s1. The molecule has 3 aromatic rings. The number of aldehydes is 1. The Bertz CT molecular complexity index is 1620. The summed E-state index contributed by atoms with van der Waals surface area (Å²) in [6.07, 6.45) is 2.50. The average Bonchev–Trinajstić information content (AvgIpc) is 3.79. The summed E-state index contributed by atoms with van der Waals surface area (Å²) in [5.74, 6) is 0.0677. The molecule has 2 amide bonds. The molecule has 0 aromatic heterocycles. The number of likely N-dealkylation sites (N-methyl/N-ethyl adjacent to an activating group) is 1. The number of amides is 2. The summed E-state index contributed by atoms with van der Waals surface area (Å²) in [5, 5.41) is 6.04. The predicted molar refractivity (Wildman–Crippen MR) is 177 cm³/mol. The summed E-state index contributed by atoms with van der Waals surface area (Å²) < 4.78 is 18.0. The molecule has 0 unspecified atom stereocenters. The minimum Gasteiger partial charge on any atom is -0.496 e. The molecule has 9 nitrogen and oxygen atoms in total. The molecule has 44 heavy (non-hydrogen) atoms. The number of carbonyl (C=O) groups excluding carboxylic acids is 3. The lowest BCUT2D eigenvalue weighted by atomic mass is 9.96. The van der Waals surface area contributed by atoms with Gasteiger partial charge in [0.1, 0.15) is 24.0 Å². The fourth-order valence-electron chi connectivity index (χ4n) is 6.67. The summed E-state index contributed by atoms with van der Waals surface area (Å²) in [6, 6.07) is 18.9. The van der Waals surface area contributed by atoms with Crippen molar-refractivity contribution >= 4 is 63.9 Å². The van der Waals surface area contributed by atoms with E-state index in [9.17, 15) is 14.4 Å². The van der Waals surface area contributed by atoms with E-state index in [1.54, 1.807) is 0 Å². The highest BCUT2D eigenvalue weighted by atomic mass is 127. The SMILES string of the molecule is COc1cc(NC(=O)CCc2ccc(-c3ccccc3)c(NC(=O)O[C@H]3C[C@H]4[C@@H]5O[C@H]5[C@](I)(C3)[N+]4(C)C)c2)c(Cl)cc1C=O. The van der Waals surface area contributed by atoms with Gasteiger partial charge in [0.25, 0.3) is 0 Å². The van der Waals surface area contributed by atoms with Gasteiger partial charge in [-0.15, -0.1) is 0 Å². The first-order valence-corrected chi connectivity index (χ1v) is 16.0. The Morgan fingerprint density at radius 3 is 2.59 bits per heavy atom. The molecule has 2 N–H and O–H groups in total. The number of anilines is 2. The second-order valence-corrected chi connectivity index (χ2v) is 14.3. The van der Waals surface area contributed by atoms with Crippen LogP contribution in [-0.4, -0.2) is 71.9 Å². The second kappa shape index (κ2) is 12.0. The number of quaternary nitrogens is 1. The van der Waals surface area contributed by atoms with Gasteiger partial charge in [-0.3, -0.25) is 14.9 Å². The van der Waals surface area contributed by atoms with Crippen LogP contribution in [0, 0.1) is 0 Å². The van der Waals surface area contributed by atoms with Gasteiger partial charge in [-0.2, -0.15) is 0 Å². The van der Waals surface area contributed by atoms with Crippen molar-refractivity contribution in [1.82, 2.24) is 0 Å². The number of rotatable bonds is 9. The van der Waals surface area contributed by atoms with Crippen LogP contribution in [0.15, 0.2) is 60.7 Å². The maximum Gasteiger partial charge on any atom is 0.411 e. The van der Waals surface area contributed by atoms with E-state index in [0.29, 0.717) is 41.4 Å². The van der Waals surface area contributed by atoms with E-state index in [2.05, 4.69) is 47.3 Å². The summed E-state index contributed by atoms with van der Waals surface area (Å²) in [4.78, 5) is 37.4. The molecule has 0 radical (unpaired) electrons. The molecular weight excluding hydrogens is 697 g/mol. The van der Waals surface area contributed by atoms with Crippen molar-refractivity contribution in [3.8, 4) is 16.9 Å². The highest BCUT2D eigenvalue weighted by Gasteiger charge is 2.78. The van der Waals surface area contributed by atoms with Crippen molar-refractivity contribution in [2.75, 3.05) is 31.8 Å². The van der Waals surface area contributed by atoms with Crippen LogP contribution in [0.2, 0.25) is 5.02 Å². The number of morpholine rings is 1. The Hall–Kier alpha value is -3.19. The van der Waals surface area contributed by atoms with E-state index < -0.39 is 6.09 Å². The van der Waals surface area contributed by atoms with Crippen molar-refractivity contribution in [1.29, 1.82) is 0 Å². The summed E-state index contributed by atoms with van der Waals surface area (Å²) in [5.41, 5.74) is 3.94. The van der Waals surface area contributed by atoms with Crippen molar-refractivity contribution < 1.29 is 33.1 Å². The van der Waals surface area contributed by atoms with Gasteiger partial charge in [0.15, 0.2) is 15.9 Å². The molecule has 3 heterocycles. The number of fused-ring (bicyclic) bond motifs is 5. The monoisotopic (exact) mass is 730 g/mol. The second-order valence-electron chi connectivity index (χ2n) is 12.0. The van der Waals surface area contributed by atoms with E-state index in [4.69, 9.17) is 25.8 Å². The number of ether oxygens (including phenoxy) is 3. The first kappa shape index (κ1) is 30.8. The van der Waals surface area contributed by atoms with Crippen LogP contribution in [0.4, 0.5) is 16.2 Å². The lowest BCUT2D eigenvalue weighted by molar-refractivity contribution is -0.943. The molecule has 3 fully saturated rings. The number of hydrogen-bond acceptors (Lipinski definition) is 6. The lowest BCUT2D eigenvalue weighted by Crippen LogP contribution is -2.65. The van der Waals surface area contributed by atoms with Gasteiger partial charge >= 0.3 is 6.09 Å². The number of nitrogens with zero attached hydrogens (tertiary/aromatic N) is 1. The number of nitrogens with one attached hydrogen (secondary N) is 2. The third-order valence-corrected chi connectivity index (χ3v) is 11.8. The third-order valence-electron chi connectivity index (χ3n) is 9.19. The quantitative estimate of drug-likeness (QED) is 0.0654. The van der Waals surface area contributed by atoms with Gasteiger partial charge in [0.05, 0.1) is 49.6 Å². The molecule has 2 bridgehead atoms. The van der Waals surface area contributed by atoms with Crippen LogP contribution >= 0.6 is 34.2 Å². The molecule has 3 aromatic carbocycles. The number of epoxide rings is 1. The molecule has 230 valence electrons. The number of carbonyl (C=O) groups is 3.